The molecular weight excluding hydrogens is 230 g/mol. The first-order valence-corrected chi connectivity index (χ1v) is 8.93. The maximum Gasteiger partial charge on any atom is -0.00177 e. The van der Waals surface area contributed by atoms with Crippen LogP contribution in [0.5, 0.6) is 0 Å². The van der Waals surface area contributed by atoms with Crippen molar-refractivity contribution in [2.45, 2.75) is 72.1 Å². The van der Waals surface area contributed by atoms with Crippen LogP contribution in [0.25, 0.3) is 0 Å². The summed E-state index contributed by atoms with van der Waals surface area (Å²) in [4.78, 5) is 0. The number of hydrogen-bond acceptors (Lipinski definition) is 1. The van der Waals surface area contributed by atoms with Crippen molar-refractivity contribution in [3.8, 4) is 0 Å². The molecule has 1 nitrogen and oxygen atoms in total. The molecule has 0 radical (unpaired) electrons. The second-order valence-corrected chi connectivity index (χ2v) is 7.52. The van der Waals surface area contributed by atoms with Gasteiger partial charge in [-0.3, -0.25) is 0 Å². The molecular formula is C18H35N. The van der Waals surface area contributed by atoms with E-state index in [-0.39, 0.29) is 0 Å². The third kappa shape index (κ3) is 4.21. The van der Waals surface area contributed by atoms with E-state index in [1.165, 1.54) is 64.5 Å². The summed E-state index contributed by atoms with van der Waals surface area (Å²) in [6, 6.07) is 0. The highest BCUT2D eigenvalue weighted by molar-refractivity contribution is 4.88. The lowest BCUT2D eigenvalue weighted by atomic mass is 9.68. The fourth-order valence-electron chi connectivity index (χ4n) is 4.75. The van der Waals surface area contributed by atoms with Gasteiger partial charge in [0.1, 0.15) is 0 Å². The zero-order chi connectivity index (χ0) is 13.7. The van der Waals surface area contributed by atoms with Crippen molar-refractivity contribution in [1.29, 1.82) is 0 Å². The Morgan fingerprint density at radius 1 is 0.895 bits per heavy atom. The van der Waals surface area contributed by atoms with Gasteiger partial charge in [0.15, 0.2) is 0 Å². The molecule has 19 heavy (non-hydrogen) atoms. The van der Waals surface area contributed by atoms with Crippen molar-refractivity contribution in [3.63, 3.8) is 0 Å². The standard InChI is InChI=1S/C18H35N/c1-4-15-8-5-6-10-17(15)18-11-7-9-16(18)13-19-12-14(2)3/h14-19H,4-13H2,1-3H3. The van der Waals surface area contributed by atoms with Gasteiger partial charge in [-0.05, 0) is 61.9 Å². The van der Waals surface area contributed by atoms with Gasteiger partial charge in [0.2, 0.25) is 0 Å². The summed E-state index contributed by atoms with van der Waals surface area (Å²) in [5, 5.41) is 3.73. The number of rotatable bonds is 6. The third-order valence-electron chi connectivity index (χ3n) is 5.72. The maximum atomic E-state index is 3.73. The molecule has 0 aromatic rings. The third-order valence-corrected chi connectivity index (χ3v) is 5.72. The van der Waals surface area contributed by atoms with Crippen molar-refractivity contribution in [1.82, 2.24) is 5.32 Å². The highest BCUT2D eigenvalue weighted by Gasteiger charge is 2.37. The smallest absolute Gasteiger partial charge is 0.00177 e. The molecule has 0 amide bonds. The Kier molecular flexibility index (Phi) is 6.19. The summed E-state index contributed by atoms with van der Waals surface area (Å²) in [6.45, 7) is 9.53. The molecule has 2 aliphatic rings. The van der Waals surface area contributed by atoms with E-state index in [0.717, 1.165) is 29.6 Å². The minimum absolute atomic E-state index is 0.790. The molecule has 1 N–H and O–H groups in total. The molecule has 0 spiro atoms. The van der Waals surface area contributed by atoms with Crippen LogP contribution in [-0.4, -0.2) is 13.1 Å². The van der Waals surface area contributed by atoms with E-state index in [2.05, 4.69) is 26.1 Å². The van der Waals surface area contributed by atoms with E-state index < -0.39 is 0 Å². The number of nitrogens with one attached hydrogen (secondary N) is 1. The summed E-state index contributed by atoms with van der Waals surface area (Å²) in [6.07, 6.45) is 12.0. The molecule has 2 saturated carbocycles. The lowest BCUT2D eigenvalue weighted by Crippen LogP contribution is -2.34. The topological polar surface area (TPSA) is 12.0 Å². The first-order chi connectivity index (χ1) is 9.22. The van der Waals surface area contributed by atoms with Gasteiger partial charge in [-0.25, -0.2) is 0 Å². The Morgan fingerprint density at radius 3 is 2.26 bits per heavy atom. The summed E-state index contributed by atoms with van der Waals surface area (Å²) in [5.74, 6) is 4.93. The molecule has 0 aromatic heterocycles. The minimum atomic E-state index is 0.790. The monoisotopic (exact) mass is 265 g/mol. The molecule has 1 heteroatoms. The SMILES string of the molecule is CCC1CCCCC1C1CCCC1CNCC(C)C. The summed E-state index contributed by atoms with van der Waals surface area (Å²) >= 11 is 0. The van der Waals surface area contributed by atoms with Crippen molar-refractivity contribution in [2.75, 3.05) is 13.1 Å². The van der Waals surface area contributed by atoms with E-state index >= 15 is 0 Å². The van der Waals surface area contributed by atoms with Crippen LogP contribution in [0, 0.1) is 29.6 Å². The molecule has 2 fully saturated rings. The second kappa shape index (κ2) is 7.67. The Bertz CT molecular complexity index is 248. The maximum absolute atomic E-state index is 3.73. The average molecular weight is 265 g/mol. The molecule has 0 aliphatic heterocycles. The van der Waals surface area contributed by atoms with Gasteiger partial charge in [0.25, 0.3) is 0 Å². The van der Waals surface area contributed by atoms with Crippen LogP contribution >= 0.6 is 0 Å². The highest BCUT2D eigenvalue weighted by atomic mass is 14.9. The van der Waals surface area contributed by atoms with Crippen LogP contribution in [0.2, 0.25) is 0 Å². The number of hydrogen-bond donors (Lipinski definition) is 1. The van der Waals surface area contributed by atoms with Crippen molar-refractivity contribution in [2.24, 2.45) is 29.6 Å². The first-order valence-electron chi connectivity index (χ1n) is 8.93. The summed E-state index contributed by atoms with van der Waals surface area (Å²) in [7, 11) is 0. The molecule has 0 bridgehead atoms. The Labute approximate surface area is 120 Å². The van der Waals surface area contributed by atoms with Crippen LogP contribution in [0.4, 0.5) is 0 Å². The fourth-order valence-corrected chi connectivity index (χ4v) is 4.75. The lowest BCUT2D eigenvalue weighted by Gasteiger charge is -2.38. The van der Waals surface area contributed by atoms with E-state index in [4.69, 9.17) is 0 Å². The van der Waals surface area contributed by atoms with Gasteiger partial charge < -0.3 is 5.32 Å². The van der Waals surface area contributed by atoms with Gasteiger partial charge in [-0.2, -0.15) is 0 Å². The Balaban J connectivity index is 1.86. The lowest BCUT2D eigenvalue weighted by molar-refractivity contribution is 0.126. The van der Waals surface area contributed by atoms with Crippen molar-refractivity contribution in [3.05, 3.63) is 0 Å². The highest BCUT2D eigenvalue weighted by Crippen LogP contribution is 2.46. The van der Waals surface area contributed by atoms with Gasteiger partial charge in [0.05, 0.1) is 0 Å². The zero-order valence-electron chi connectivity index (χ0n) is 13.5. The van der Waals surface area contributed by atoms with Crippen LogP contribution in [0.15, 0.2) is 0 Å². The Hall–Kier alpha value is -0.0400. The molecule has 2 aliphatic carbocycles. The largest absolute Gasteiger partial charge is 0.316 e. The first kappa shape index (κ1) is 15.4. The van der Waals surface area contributed by atoms with Crippen LogP contribution in [0.1, 0.15) is 72.1 Å². The second-order valence-electron chi connectivity index (χ2n) is 7.52. The molecule has 0 heterocycles. The van der Waals surface area contributed by atoms with Crippen molar-refractivity contribution < 1.29 is 0 Å². The quantitative estimate of drug-likeness (QED) is 0.723. The van der Waals surface area contributed by atoms with Gasteiger partial charge in [-0.15, -0.1) is 0 Å². The molecule has 0 aromatic carbocycles. The summed E-state index contributed by atoms with van der Waals surface area (Å²) < 4.78 is 0. The molecule has 0 saturated heterocycles. The minimum Gasteiger partial charge on any atom is -0.316 e. The average Bonchev–Trinajstić information content (AvgIpc) is 2.86. The predicted octanol–water partition coefficient (Wildman–Crippen LogP) is 4.86. The Morgan fingerprint density at radius 2 is 1.53 bits per heavy atom. The van der Waals surface area contributed by atoms with Crippen LogP contribution < -0.4 is 5.32 Å². The normalized spacial score (nSPS) is 36.0. The van der Waals surface area contributed by atoms with Gasteiger partial charge >= 0.3 is 0 Å². The fraction of sp³-hybridized carbons (Fsp3) is 1.00. The molecule has 4 unspecified atom stereocenters. The van der Waals surface area contributed by atoms with Gasteiger partial charge in [-0.1, -0.05) is 52.9 Å². The van der Waals surface area contributed by atoms with Crippen LogP contribution in [-0.2, 0) is 0 Å². The van der Waals surface area contributed by atoms with Crippen LogP contribution in [0.3, 0.4) is 0 Å². The van der Waals surface area contributed by atoms with E-state index in [0.29, 0.717) is 0 Å². The van der Waals surface area contributed by atoms with Crippen molar-refractivity contribution >= 4 is 0 Å². The van der Waals surface area contributed by atoms with Gasteiger partial charge in [0, 0.05) is 0 Å². The summed E-state index contributed by atoms with van der Waals surface area (Å²) in [5.41, 5.74) is 0. The van der Waals surface area contributed by atoms with E-state index in [1.807, 2.05) is 0 Å². The van der Waals surface area contributed by atoms with E-state index in [9.17, 15) is 0 Å². The molecule has 112 valence electrons. The molecule has 4 atom stereocenters. The zero-order valence-corrected chi connectivity index (χ0v) is 13.5. The predicted molar refractivity (Wildman–Crippen MR) is 84.3 cm³/mol. The van der Waals surface area contributed by atoms with E-state index in [1.54, 1.807) is 0 Å². The molecule has 2 rings (SSSR count).